The Balaban J connectivity index is 2.06. The Kier molecular flexibility index (Phi) is 6.49. The van der Waals surface area contributed by atoms with Gasteiger partial charge in [-0.1, -0.05) is 5.11 Å². The van der Waals surface area contributed by atoms with Gasteiger partial charge in [-0.3, -0.25) is 4.57 Å². The summed E-state index contributed by atoms with van der Waals surface area (Å²) >= 11 is 0. The number of anilines is 1. The van der Waals surface area contributed by atoms with Gasteiger partial charge in [0.25, 0.3) is 0 Å². The van der Waals surface area contributed by atoms with Crippen LogP contribution in [0, 0.1) is 0 Å². The monoisotopic (exact) mass is 342 g/mol. The lowest BCUT2D eigenvalue weighted by atomic mass is 10.1. The fourth-order valence-corrected chi connectivity index (χ4v) is 2.23. The molecule has 1 aromatic rings. The summed E-state index contributed by atoms with van der Waals surface area (Å²) in [6, 6.07) is 1.40. The van der Waals surface area contributed by atoms with E-state index in [0.29, 0.717) is 0 Å². The molecule has 24 heavy (non-hydrogen) atoms. The molecule has 0 aliphatic carbocycles. The molecule has 0 aromatic carbocycles. The van der Waals surface area contributed by atoms with Gasteiger partial charge < -0.3 is 30.2 Å². The number of ether oxygens (including phenoxy) is 3. The molecule has 1 aliphatic rings. The maximum Gasteiger partial charge on any atom is 0.351 e. The van der Waals surface area contributed by atoms with Crippen LogP contribution in [0.25, 0.3) is 10.4 Å². The summed E-state index contributed by atoms with van der Waals surface area (Å²) in [5, 5.41) is 22.7. The van der Waals surface area contributed by atoms with Gasteiger partial charge in [0.2, 0.25) is 0 Å². The van der Waals surface area contributed by atoms with Crippen molar-refractivity contribution in [3.8, 4) is 0 Å². The first-order valence-corrected chi connectivity index (χ1v) is 7.07. The van der Waals surface area contributed by atoms with Crippen molar-refractivity contribution in [2.75, 3.05) is 32.3 Å². The van der Waals surface area contributed by atoms with Crippen LogP contribution in [-0.4, -0.2) is 64.6 Å². The van der Waals surface area contributed by atoms with Gasteiger partial charge in [0.1, 0.15) is 30.9 Å². The number of aliphatic hydroxyl groups is 2. The van der Waals surface area contributed by atoms with E-state index in [9.17, 15) is 15.0 Å². The molecule has 0 saturated carbocycles. The molecule has 1 fully saturated rings. The summed E-state index contributed by atoms with van der Waals surface area (Å²) in [6.45, 7) is -0.414. The Morgan fingerprint density at radius 1 is 1.58 bits per heavy atom. The van der Waals surface area contributed by atoms with Crippen LogP contribution in [0.3, 0.4) is 0 Å². The fraction of sp³-hybridized carbons (Fsp3) is 0.667. The minimum absolute atomic E-state index is 0.0485. The predicted molar refractivity (Wildman–Crippen MR) is 79.6 cm³/mol. The topological polar surface area (TPSA) is 178 Å². The molecule has 0 unspecified atom stereocenters. The van der Waals surface area contributed by atoms with Crippen molar-refractivity contribution in [3.05, 3.63) is 33.2 Å². The van der Waals surface area contributed by atoms with Crippen LogP contribution in [0.4, 0.5) is 5.82 Å². The number of rotatable bonds is 8. The van der Waals surface area contributed by atoms with Gasteiger partial charge in [0.15, 0.2) is 6.23 Å². The molecule has 1 aliphatic heterocycles. The molecule has 0 amide bonds. The lowest BCUT2D eigenvalue weighted by Crippen LogP contribution is -2.38. The number of nitrogen functional groups attached to an aromatic ring is 1. The van der Waals surface area contributed by atoms with Crippen molar-refractivity contribution in [1.82, 2.24) is 9.55 Å². The second-order valence-corrected chi connectivity index (χ2v) is 4.89. The van der Waals surface area contributed by atoms with E-state index in [1.165, 1.54) is 12.3 Å². The first kappa shape index (κ1) is 18.1. The van der Waals surface area contributed by atoms with Crippen LogP contribution in [0.5, 0.6) is 0 Å². The van der Waals surface area contributed by atoms with Crippen LogP contribution >= 0.6 is 0 Å². The van der Waals surface area contributed by atoms with E-state index >= 15 is 0 Å². The minimum atomic E-state index is -1.18. The van der Waals surface area contributed by atoms with Crippen LogP contribution in [0.15, 0.2) is 22.2 Å². The second-order valence-electron chi connectivity index (χ2n) is 4.89. The van der Waals surface area contributed by atoms with Crippen molar-refractivity contribution in [1.29, 1.82) is 0 Å². The smallest absolute Gasteiger partial charge is 0.351 e. The number of azide groups is 1. The van der Waals surface area contributed by atoms with Crippen molar-refractivity contribution in [3.63, 3.8) is 0 Å². The number of aromatic nitrogens is 2. The highest BCUT2D eigenvalue weighted by molar-refractivity contribution is 5.23. The summed E-state index contributed by atoms with van der Waals surface area (Å²) in [4.78, 5) is 18.1. The van der Waals surface area contributed by atoms with Gasteiger partial charge in [0, 0.05) is 17.7 Å². The third-order valence-electron chi connectivity index (χ3n) is 3.36. The highest BCUT2D eigenvalue weighted by Crippen LogP contribution is 2.30. The van der Waals surface area contributed by atoms with E-state index in [1.54, 1.807) is 0 Å². The van der Waals surface area contributed by atoms with Crippen molar-refractivity contribution < 1.29 is 24.4 Å². The van der Waals surface area contributed by atoms with Gasteiger partial charge in [-0.25, -0.2) is 4.79 Å². The molecule has 2 rings (SSSR count). The Hall–Kier alpha value is -2.21. The van der Waals surface area contributed by atoms with Crippen molar-refractivity contribution >= 4 is 5.82 Å². The maximum atomic E-state index is 11.9. The quantitative estimate of drug-likeness (QED) is 0.172. The molecule has 12 nitrogen and oxygen atoms in total. The van der Waals surface area contributed by atoms with E-state index in [0.717, 1.165) is 4.57 Å². The van der Waals surface area contributed by atoms with Crippen LogP contribution in [0.2, 0.25) is 0 Å². The van der Waals surface area contributed by atoms with Gasteiger partial charge in [-0.15, -0.1) is 0 Å². The average Bonchev–Trinajstić information content (AvgIpc) is 2.87. The lowest BCUT2D eigenvalue weighted by Gasteiger charge is -2.22. The maximum absolute atomic E-state index is 11.9. The normalized spacial score (nSPS) is 26.2. The average molecular weight is 342 g/mol. The third kappa shape index (κ3) is 4.20. The number of hydrogen-bond acceptors (Lipinski definition) is 9. The number of nitrogens with two attached hydrogens (primary N) is 1. The van der Waals surface area contributed by atoms with Crippen LogP contribution in [0.1, 0.15) is 6.23 Å². The Morgan fingerprint density at radius 3 is 3.04 bits per heavy atom. The van der Waals surface area contributed by atoms with Gasteiger partial charge in [-0.2, -0.15) is 4.98 Å². The van der Waals surface area contributed by atoms with Gasteiger partial charge >= 0.3 is 5.69 Å². The largest absolute Gasteiger partial charge is 0.394 e. The van der Waals surface area contributed by atoms with Crippen molar-refractivity contribution in [2.24, 2.45) is 5.11 Å². The summed E-state index contributed by atoms with van der Waals surface area (Å²) in [5.41, 5.74) is 12.9. The zero-order chi connectivity index (χ0) is 17.5. The second kappa shape index (κ2) is 8.59. The zero-order valence-corrected chi connectivity index (χ0v) is 12.6. The summed E-state index contributed by atoms with van der Waals surface area (Å²) in [5.74, 6) is 0.0485. The molecular formula is C12H18N6O6. The predicted octanol–water partition coefficient (Wildman–Crippen LogP) is -1.25. The summed E-state index contributed by atoms with van der Waals surface area (Å²) < 4.78 is 17.1. The standard InChI is InChI=1S/C12H18N6O6/c13-8-1-3-18(12(21)16-8)11-10(9(20)7(5-19)24-11)23-6-22-4-2-15-17-14/h1,3,7,9-11,19-20H,2,4-6H2,(H2,13,16,21)/t7-,9-,10-,11-/m1/s1. The van der Waals surface area contributed by atoms with E-state index in [2.05, 4.69) is 15.0 Å². The Bertz CT molecular complexity index is 647. The molecule has 0 spiro atoms. The van der Waals surface area contributed by atoms with E-state index < -0.39 is 36.8 Å². The summed E-state index contributed by atoms with van der Waals surface area (Å²) in [7, 11) is 0. The summed E-state index contributed by atoms with van der Waals surface area (Å²) in [6.07, 6.45) is -2.71. The molecule has 2 heterocycles. The van der Waals surface area contributed by atoms with Crippen molar-refractivity contribution in [2.45, 2.75) is 24.5 Å². The Labute approximate surface area is 136 Å². The number of hydrogen-bond donors (Lipinski definition) is 3. The first-order chi connectivity index (χ1) is 11.6. The number of aliphatic hydroxyl groups excluding tert-OH is 2. The lowest BCUT2D eigenvalue weighted by molar-refractivity contribution is -0.138. The molecule has 12 heteroatoms. The van der Waals surface area contributed by atoms with E-state index in [4.69, 9.17) is 25.5 Å². The highest BCUT2D eigenvalue weighted by atomic mass is 16.7. The van der Waals surface area contributed by atoms with Gasteiger partial charge in [0.05, 0.1) is 13.2 Å². The molecule has 132 valence electrons. The molecular weight excluding hydrogens is 324 g/mol. The van der Waals surface area contributed by atoms with E-state index in [-0.39, 0.29) is 25.8 Å². The molecule has 0 radical (unpaired) electrons. The van der Waals surface area contributed by atoms with Crippen LogP contribution < -0.4 is 11.4 Å². The van der Waals surface area contributed by atoms with Crippen LogP contribution in [-0.2, 0) is 14.2 Å². The SMILES string of the molecule is [N-]=[N+]=NCCOCO[C@@H]1[C@H](O)[C@@H](CO)O[C@H]1n1ccc(N)nc1=O. The van der Waals surface area contributed by atoms with Gasteiger partial charge in [-0.05, 0) is 11.6 Å². The molecule has 0 bridgehead atoms. The molecule has 1 saturated heterocycles. The Morgan fingerprint density at radius 2 is 2.38 bits per heavy atom. The first-order valence-electron chi connectivity index (χ1n) is 7.07. The molecule has 4 N–H and O–H groups in total. The minimum Gasteiger partial charge on any atom is -0.394 e. The molecule has 4 atom stereocenters. The van der Waals surface area contributed by atoms with E-state index in [1.807, 2.05) is 0 Å². The highest BCUT2D eigenvalue weighted by Gasteiger charge is 2.45. The fourth-order valence-electron chi connectivity index (χ4n) is 2.23. The zero-order valence-electron chi connectivity index (χ0n) is 12.6. The number of nitrogens with zero attached hydrogens (tertiary/aromatic N) is 5. The molecule has 1 aromatic heterocycles. The third-order valence-corrected chi connectivity index (χ3v) is 3.36.